The van der Waals surface area contributed by atoms with E-state index in [0.717, 1.165) is 0 Å². The quantitative estimate of drug-likeness (QED) is 0.889. The summed E-state index contributed by atoms with van der Waals surface area (Å²) in [5, 5.41) is 5.91. The minimum absolute atomic E-state index is 0.234. The number of halogens is 1. The van der Waals surface area contributed by atoms with Gasteiger partial charge in [0.05, 0.1) is 6.61 Å². The molecular weight excluding hydrogens is 304 g/mol. The van der Waals surface area contributed by atoms with E-state index in [-0.39, 0.29) is 5.91 Å². The summed E-state index contributed by atoms with van der Waals surface area (Å²) in [6.07, 6.45) is -0.513. The van der Waals surface area contributed by atoms with Crippen LogP contribution in [0.2, 0.25) is 5.02 Å². The highest BCUT2D eigenvalue weighted by Crippen LogP contribution is 2.16. The number of hydrogen-bond donors (Lipinski definition) is 2. The van der Waals surface area contributed by atoms with E-state index in [9.17, 15) is 9.59 Å². The summed E-state index contributed by atoms with van der Waals surface area (Å²) >= 11 is 5.78. The first kappa shape index (κ1) is 15.9. The molecule has 2 aromatic carbocycles. The van der Waals surface area contributed by atoms with Gasteiger partial charge in [0.2, 0.25) is 0 Å². The molecule has 6 heteroatoms. The molecule has 5 nitrogen and oxygen atoms in total. The summed E-state index contributed by atoms with van der Waals surface area (Å²) < 4.78 is 4.78. The van der Waals surface area contributed by atoms with Crippen LogP contribution in [0.15, 0.2) is 48.5 Å². The summed E-state index contributed by atoms with van der Waals surface area (Å²) in [5.41, 5.74) is 1.72. The second-order valence-electron chi connectivity index (χ2n) is 4.38. The van der Waals surface area contributed by atoms with Crippen molar-refractivity contribution in [1.29, 1.82) is 0 Å². The lowest BCUT2D eigenvalue weighted by molar-refractivity contribution is 0.102. The smallest absolute Gasteiger partial charge is 0.411 e. The third-order valence-electron chi connectivity index (χ3n) is 2.77. The molecule has 2 amide bonds. The topological polar surface area (TPSA) is 67.4 Å². The molecule has 0 fully saturated rings. The molecule has 22 heavy (non-hydrogen) atoms. The molecule has 0 aliphatic heterocycles. The van der Waals surface area contributed by atoms with E-state index in [1.165, 1.54) is 0 Å². The molecule has 0 aromatic heterocycles. The monoisotopic (exact) mass is 318 g/mol. The van der Waals surface area contributed by atoms with E-state index in [0.29, 0.717) is 28.6 Å². The van der Waals surface area contributed by atoms with Crippen LogP contribution in [0.5, 0.6) is 0 Å². The zero-order chi connectivity index (χ0) is 15.9. The third kappa shape index (κ3) is 4.49. The minimum Gasteiger partial charge on any atom is -0.450 e. The van der Waals surface area contributed by atoms with Crippen molar-refractivity contribution in [1.82, 2.24) is 0 Å². The highest BCUT2D eigenvalue weighted by Gasteiger charge is 2.06. The van der Waals surface area contributed by atoms with E-state index in [2.05, 4.69) is 10.6 Å². The number of rotatable bonds is 4. The average Bonchev–Trinajstić information content (AvgIpc) is 2.50. The van der Waals surface area contributed by atoms with Gasteiger partial charge < -0.3 is 10.1 Å². The Kier molecular flexibility index (Phi) is 5.38. The predicted octanol–water partition coefficient (Wildman–Crippen LogP) is 4.16. The van der Waals surface area contributed by atoms with Crippen LogP contribution in [-0.2, 0) is 4.74 Å². The number of ether oxygens (including phenoxy) is 1. The number of carbonyl (C=O) groups is 2. The van der Waals surface area contributed by atoms with Crippen LogP contribution in [-0.4, -0.2) is 18.6 Å². The molecule has 0 saturated heterocycles. The largest absolute Gasteiger partial charge is 0.450 e. The molecule has 0 radical (unpaired) electrons. The van der Waals surface area contributed by atoms with Gasteiger partial charge in [0.15, 0.2) is 0 Å². The Balaban J connectivity index is 1.97. The Hall–Kier alpha value is -2.53. The number of amides is 2. The van der Waals surface area contributed by atoms with Crippen molar-refractivity contribution in [3.63, 3.8) is 0 Å². The highest BCUT2D eigenvalue weighted by atomic mass is 35.5. The minimum atomic E-state index is -0.513. The number of nitrogens with one attached hydrogen (secondary N) is 2. The maximum Gasteiger partial charge on any atom is 0.411 e. The van der Waals surface area contributed by atoms with Gasteiger partial charge in [-0.05, 0) is 55.5 Å². The standard InChI is InChI=1S/C16H15ClN2O3/c1-2-22-16(21)19-14-9-7-13(8-10-14)18-15(20)11-3-5-12(17)6-4-11/h3-10H,2H2,1H3,(H,18,20)(H,19,21). The number of carbonyl (C=O) groups excluding carboxylic acids is 2. The maximum atomic E-state index is 12.0. The first-order valence-electron chi connectivity index (χ1n) is 6.69. The van der Waals surface area contributed by atoms with Crippen LogP contribution >= 0.6 is 11.6 Å². The fourth-order valence-electron chi connectivity index (χ4n) is 1.73. The zero-order valence-corrected chi connectivity index (χ0v) is 12.7. The molecule has 2 aromatic rings. The summed E-state index contributed by atoms with van der Waals surface area (Å²) in [5.74, 6) is -0.234. The van der Waals surface area contributed by atoms with Gasteiger partial charge in [0, 0.05) is 22.0 Å². The lowest BCUT2D eigenvalue weighted by Crippen LogP contribution is -2.14. The van der Waals surface area contributed by atoms with Crippen molar-refractivity contribution >= 4 is 35.0 Å². The van der Waals surface area contributed by atoms with Gasteiger partial charge in [0.1, 0.15) is 0 Å². The van der Waals surface area contributed by atoms with Crippen molar-refractivity contribution in [2.75, 3.05) is 17.2 Å². The van der Waals surface area contributed by atoms with Crippen molar-refractivity contribution in [3.05, 3.63) is 59.1 Å². The first-order chi connectivity index (χ1) is 10.6. The molecule has 0 aliphatic carbocycles. The van der Waals surface area contributed by atoms with Crippen molar-refractivity contribution in [2.45, 2.75) is 6.92 Å². The second-order valence-corrected chi connectivity index (χ2v) is 4.82. The van der Waals surface area contributed by atoms with Crippen molar-refractivity contribution in [3.8, 4) is 0 Å². The van der Waals surface area contributed by atoms with Gasteiger partial charge in [-0.25, -0.2) is 4.79 Å². The number of anilines is 2. The molecule has 0 atom stereocenters. The summed E-state index contributed by atoms with van der Waals surface area (Å²) in [6, 6.07) is 13.3. The van der Waals surface area contributed by atoms with Crippen LogP contribution in [0.25, 0.3) is 0 Å². The second kappa shape index (κ2) is 7.47. The molecule has 0 aliphatic rings. The Morgan fingerprint density at radius 2 is 1.50 bits per heavy atom. The molecule has 0 unspecified atom stereocenters. The van der Waals surface area contributed by atoms with E-state index >= 15 is 0 Å². The normalized spacial score (nSPS) is 9.91. The van der Waals surface area contributed by atoms with Crippen molar-refractivity contribution < 1.29 is 14.3 Å². The Morgan fingerprint density at radius 1 is 0.955 bits per heavy atom. The van der Waals surface area contributed by atoms with Gasteiger partial charge in [0.25, 0.3) is 5.91 Å². The predicted molar refractivity (Wildman–Crippen MR) is 86.5 cm³/mol. The number of benzene rings is 2. The lowest BCUT2D eigenvalue weighted by Gasteiger charge is -2.08. The van der Waals surface area contributed by atoms with E-state index in [4.69, 9.17) is 16.3 Å². The van der Waals surface area contributed by atoms with Crippen molar-refractivity contribution in [2.24, 2.45) is 0 Å². The Bertz CT molecular complexity index is 654. The lowest BCUT2D eigenvalue weighted by atomic mass is 10.2. The van der Waals surface area contributed by atoms with E-state index in [1.807, 2.05) is 0 Å². The van der Waals surface area contributed by atoms with Crippen LogP contribution in [0.4, 0.5) is 16.2 Å². The zero-order valence-electron chi connectivity index (χ0n) is 11.9. The molecule has 2 rings (SSSR count). The van der Waals surface area contributed by atoms with Gasteiger partial charge >= 0.3 is 6.09 Å². The van der Waals surface area contributed by atoms with Gasteiger partial charge in [-0.15, -0.1) is 0 Å². The SMILES string of the molecule is CCOC(=O)Nc1ccc(NC(=O)c2ccc(Cl)cc2)cc1. The maximum absolute atomic E-state index is 12.0. The Morgan fingerprint density at radius 3 is 2.05 bits per heavy atom. The summed E-state index contributed by atoms with van der Waals surface area (Å²) in [4.78, 5) is 23.3. The van der Waals surface area contributed by atoms with Crippen LogP contribution < -0.4 is 10.6 Å². The average molecular weight is 319 g/mol. The summed E-state index contributed by atoms with van der Waals surface area (Å²) in [7, 11) is 0. The molecule has 0 heterocycles. The molecule has 0 saturated carbocycles. The van der Waals surface area contributed by atoms with E-state index in [1.54, 1.807) is 55.5 Å². The Labute approximate surface area is 133 Å². The van der Waals surface area contributed by atoms with Crippen LogP contribution in [0, 0.1) is 0 Å². The van der Waals surface area contributed by atoms with Gasteiger partial charge in [-0.2, -0.15) is 0 Å². The van der Waals surface area contributed by atoms with Crippen LogP contribution in [0.1, 0.15) is 17.3 Å². The molecule has 2 N–H and O–H groups in total. The molecular formula is C16H15ClN2O3. The van der Waals surface area contributed by atoms with Gasteiger partial charge in [-0.3, -0.25) is 10.1 Å². The number of hydrogen-bond acceptors (Lipinski definition) is 3. The highest BCUT2D eigenvalue weighted by molar-refractivity contribution is 6.30. The fourth-order valence-corrected chi connectivity index (χ4v) is 1.85. The third-order valence-corrected chi connectivity index (χ3v) is 3.02. The van der Waals surface area contributed by atoms with Gasteiger partial charge in [-0.1, -0.05) is 11.6 Å². The summed E-state index contributed by atoms with van der Waals surface area (Å²) in [6.45, 7) is 2.04. The van der Waals surface area contributed by atoms with Crippen LogP contribution in [0.3, 0.4) is 0 Å². The molecule has 114 valence electrons. The van der Waals surface area contributed by atoms with E-state index < -0.39 is 6.09 Å². The molecule has 0 bridgehead atoms. The molecule has 0 spiro atoms. The fraction of sp³-hybridized carbons (Fsp3) is 0.125. The first-order valence-corrected chi connectivity index (χ1v) is 7.07.